The van der Waals surface area contributed by atoms with E-state index in [2.05, 4.69) is 13.8 Å². The van der Waals surface area contributed by atoms with Crippen LogP contribution in [0, 0.1) is 23.0 Å². The first-order chi connectivity index (χ1) is 8.91. The number of hydrogen-bond donors (Lipinski definition) is 2. The van der Waals surface area contributed by atoms with Crippen molar-refractivity contribution < 1.29 is 8.78 Å². The van der Waals surface area contributed by atoms with Gasteiger partial charge < -0.3 is 10.6 Å². The van der Waals surface area contributed by atoms with E-state index in [1.807, 2.05) is 0 Å². The molecule has 104 valence electrons. The molecule has 0 bridgehead atoms. The topological polar surface area (TPSA) is 53.1 Å². The van der Waals surface area contributed by atoms with Gasteiger partial charge in [-0.2, -0.15) is 0 Å². The Bertz CT molecular complexity index is 476. The van der Waals surface area contributed by atoms with Crippen molar-refractivity contribution in [2.24, 2.45) is 11.7 Å². The Morgan fingerprint density at radius 3 is 2.42 bits per heavy atom. The first-order valence-corrected chi connectivity index (χ1v) is 6.52. The number of nitrogen functional groups attached to an aromatic ring is 1. The highest BCUT2D eigenvalue weighted by Crippen LogP contribution is 2.33. The van der Waals surface area contributed by atoms with Crippen molar-refractivity contribution in [2.45, 2.75) is 32.7 Å². The summed E-state index contributed by atoms with van der Waals surface area (Å²) in [6, 6.07) is 2.43. The average molecular weight is 267 g/mol. The highest BCUT2D eigenvalue weighted by atomic mass is 19.1. The zero-order valence-electron chi connectivity index (χ0n) is 11.2. The number of nitrogens with zero attached hydrogens (tertiary/aromatic N) is 1. The van der Waals surface area contributed by atoms with Gasteiger partial charge in [0.1, 0.15) is 23.2 Å². The molecule has 2 rings (SSSR count). The van der Waals surface area contributed by atoms with Crippen LogP contribution in [0.5, 0.6) is 0 Å². The molecular weight excluding hydrogens is 248 g/mol. The van der Waals surface area contributed by atoms with Crippen molar-refractivity contribution in [3.05, 3.63) is 29.3 Å². The maximum atomic E-state index is 14.1. The standard InChI is InChI=1S/C14H19F2N3/c1-8(2)12-4-3-5-19(12)13-10(15)6-9(14(17)18)7-11(13)16/h6-8,12H,3-5H2,1-2H3,(H3,17,18). The maximum Gasteiger partial charge on any atom is 0.150 e. The summed E-state index contributed by atoms with van der Waals surface area (Å²) in [5.41, 5.74) is 5.36. The summed E-state index contributed by atoms with van der Waals surface area (Å²) in [4.78, 5) is 1.80. The van der Waals surface area contributed by atoms with Crippen LogP contribution in [0.1, 0.15) is 32.3 Å². The van der Waals surface area contributed by atoms with Crippen LogP contribution in [0.25, 0.3) is 0 Å². The molecule has 0 radical (unpaired) electrons. The average Bonchev–Trinajstić information content (AvgIpc) is 2.76. The molecule has 1 fully saturated rings. The Labute approximate surface area is 111 Å². The third kappa shape index (κ3) is 2.55. The molecule has 0 saturated carbocycles. The molecule has 1 aliphatic rings. The Morgan fingerprint density at radius 2 is 1.95 bits per heavy atom. The van der Waals surface area contributed by atoms with Crippen molar-refractivity contribution in [1.82, 2.24) is 0 Å². The molecule has 1 heterocycles. The summed E-state index contributed by atoms with van der Waals surface area (Å²) in [7, 11) is 0. The van der Waals surface area contributed by atoms with E-state index in [9.17, 15) is 8.78 Å². The molecule has 1 atom stereocenters. The Hall–Kier alpha value is -1.65. The number of hydrogen-bond acceptors (Lipinski definition) is 2. The molecule has 0 amide bonds. The van der Waals surface area contributed by atoms with E-state index in [0.29, 0.717) is 12.5 Å². The zero-order valence-corrected chi connectivity index (χ0v) is 11.2. The van der Waals surface area contributed by atoms with Crippen LogP contribution in [0.15, 0.2) is 12.1 Å². The van der Waals surface area contributed by atoms with Crippen LogP contribution >= 0.6 is 0 Å². The van der Waals surface area contributed by atoms with E-state index < -0.39 is 11.6 Å². The number of nitrogens with one attached hydrogen (secondary N) is 1. The summed E-state index contributed by atoms with van der Waals surface area (Å²) in [6.45, 7) is 4.78. The van der Waals surface area contributed by atoms with Crippen molar-refractivity contribution in [1.29, 1.82) is 5.41 Å². The molecule has 3 nitrogen and oxygen atoms in total. The first-order valence-electron chi connectivity index (χ1n) is 6.52. The van der Waals surface area contributed by atoms with Crippen molar-refractivity contribution in [3.8, 4) is 0 Å². The molecule has 0 aliphatic carbocycles. The minimum Gasteiger partial charge on any atom is -0.384 e. The molecule has 1 aromatic carbocycles. The quantitative estimate of drug-likeness (QED) is 0.653. The van der Waals surface area contributed by atoms with Crippen LogP contribution in [-0.2, 0) is 0 Å². The number of nitrogens with two attached hydrogens (primary N) is 1. The molecule has 5 heteroatoms. The van der Waals surface area contributed by atoms with Crippen molar-refractivity contribution in [3.63, 3.8) is 0 Å². The predicted octanol–water partition coefficient (Wildman–Crippen LogP) is 2.87. The van der Waals surface area contributed by atoms with Crippen LogP contribution in [0.3, 0.4) is 0 Å². The van der Waals surface area contributed by atoms with Gasteiger partial charge in [-0.25, -0.2) is 8.78 Å². The second-order valence-corrected chi connectivity index (χ2v) is 5.35. The summed E-state index contributed by atoms with van der Waals surface area (Å²) in [6.07, 6.45) is 1.89. The Kier molecular flexibility index (Phi) is 3.73. The molecule has 0 aromatic heterocycles. The van der Waals surface area contributed by atoms with Crippen molar-refractivity contribution >= 4 is 11.5 Å². The van der Waals surface area contributed by atoms with Gasteiger partial charge in [-0.05, 0) is 30.9 Å². The lowest BCUT2D eigenvalue weighted by Crippen LogP contribution is -2.34. The van der Waals surface area contributed by atoms with Gasteiger partial charge in [-0.1, -0.05) is 13.8 Å². The highest BCUT2D eigenvalue weighted by molar-refractivity contribution is 5.95. The van der Waals surface area contributed by atoms with E-state index in [4.69, 9.17) is 11.1 Å². The van der Waals surface area contributed by atoms with Gasteiger partial charge in [0.2, 0.25) is 0 Å². The fourth-order valence-corrected chi connectivity index (χ4v) is 2.76. The largest absolute Gasteiger partial charge is 0.384 e. The molecule has 3 N–H and O–H groups in total. The van der Waals surface area contributed by atoms with Crippen LogP contribution in [0.4, 0.5) is 14.5 Å². The summed E-state index contributed by atoms with van der Waals surface area (Å²) in [5.74, 6) is -1.27. The van der Waals surface area contributed by atoms with Gasteiger partial charge in [0.15, 0.2) is 0 Å². The molecule has 0 spiro atoms. The Morgan fingerprint density at radius 1 is 1.37 bits per heavy atom. The molecule has 1 unspecified atom stereocenters. The number of benzene rings is 1. The third-order valence-corrected chi connectivity index (χ3v) is 3.68. The summed E-state index contributed by atoms with van der Waals surface area (Å²) >= 11 is 0. The summed E-state index contributed by atoms with van der Waals surface area (Å²) in [5, 5.41) is 7.25. The molecular formula is C14H19F2N3. The normalized spacial score (nSPS) is 19.2. The van der Waals surface area contributed by atoms with Crippen LogP contribution in [0.2, 0.25) is 0 Å². The lowest BCUT2D eigenvalue weighted by molar-refractivity contribution is 0.477. The van der Waals surface area contributed by atoms with Gasteiger partial charge in [0, 0.05) is 18.2 Å². The Balaban J connectivity index is 2.42. The van der Waals surface area contributed by atoms with E-state index in [1.165, 1.54) is 0 Å². The minimum absolute atomic E-state index is 0.0150. The minimum atomic E-state index is -0.641. The number of anilines is 1. The summed E-state index contributed by atoms with van der Waals surface area (Å²) < 4.78 is 28.3. The second-order valence-electron chi connectivity index (χ2n) is 5.35. The van der Waals surface area contributed by atoms with E-state index >= 15 is 0 Å². The van der Waals surface area contributed by atoms with Crippen molar-refractivity contribution in [2.75, 3.05) is 11.4 Å². The second kappa shape index (κ2) is 5.15. The smallest absolute Gasteiger partial charge is 0.150 e. The van der Waals surface area contributed by atoms with E-state index in [0.717, 1.165) is 25.0 Å². The first kappa shape index (κ1) is 13.8. The highest BCUT2D eigenvalue weighted by Gasteiger charge is 2.31. The predicted molar refractivity (Wildman–Crippen MR) is 72.6 cm³/mol. The van der Waals surface area contributed by atoms with E-state index in [1.54, 1.807) is 4.90 Å². The monoisotopic (exact) mass is 267 g/mol. The number of amidine groups is 1. The maximum absolute atomic E-state index is 14.1. The number of halogens is 2. The number of rotatable bonds is 3. The van der Waals surface area contributed by atoms with Crippen LogP contribution in [-0.4, -0.2) is 18.4 Å². The fourth-order valence-electron chi connectivity index (χ4n) is 2.76. The molecule has 19 heavy (non-hydrogen) atoms. The fraction of sp³-hybridized carbons (Fsp3) is 0.500. The molecule has 1 aromatic rings. The lowest BCUT2D eigenvalue weighted by Gasteiger charge is -2.30. The van der Waals surface area contributed by atoms with E-state index in [-0.39, 0.29) is 23.1 Å². The van der Waals surface area contributed by atoms with Gasteiger partial charge in [0.25, 0.3) is 0 Å². The van der Waals surface area contributed by atoms with Gasteiger partial charge >= 0.3 is 0 Å². The van der Waals surface area contributed by atoms with Gasteiger partial charge in [-0.15, -0.1) is 0 Å². The molecule has 1 saturated heterocycles. The lowest BCUT2D eigenvalue weighted by atomic mass is 10.0. The third-order valence-electron chi connectivity index (χ3n) is 3.68. The molecule has 1 aliphatic heterocycles. The van der Waals surface area contributed by atoms with Crippen LogP contribution < -0.4 is 10.6 Å². The zero-order chi connectivity index (χ0) is 14.2. The van der Waals surface area contributed by atoms with Gasteiger partial charge in [-0.3, -0.25) is 5.41 Å². The SMILES string of the molecule is CC(C)C1CCCN1c1c(F)cc(C(=N)N)cc1F. The van der Waals surface area contributed by atoms with Gasteiger partial charge in [0.05, 0.1) is 0 Å².